The number of carbonyl (C=O) groups is 2. The number of rotatable bonds is 6. The molecule has 2 heterocycles. The standard InChI is InChI=1S/C23H22ClN5O2S/c24-15-5-7-17(8-6-15)27-23(31)28-21(19-3-2-14-32-19)22(30)26-16-9-11-18(12-10-16)29-13-1-4-20(29)25/h2-3,5-12,14,21,25H,1,4,13H2,(H,26,30)(H2,27,28,31). The zero-order valence-corrected chi connectivity index (χ0v) is 18.7. The molecule has 1 unspecified atom stereocenters. The van der Waals surface area contributed by atoms with E-state index in [0.717, 1.165) is 30.0 Å². The Hall–Kier alpha value is -3.36. The molecular weight excluding hydrogens is 446 g/mol. The maximum absolute atomic E-state index is 13.0. The molecule has 4 rings (SSSR count). The van der Waals surface area contributed by atoms with Gasteiger partial charge in [0.15, 0.2) is 0 Å². The molecule has 0 saturated carbocycles. The molecule has 32 heavy (non-hydrogen) atoms. The number of nitrogens with zero attached hydrogens (tertiary/aromatic N) is 1. The van der Waals surface area contributed by atoms with E-state index in [-0.39, 0.29) is 5.91 Å². The number of hydrogen-bond donors (Lipinski definition) is 4. The quantitative estimate of drug-likeness (QED) is 0.386. The third-order valence-corrected chi connectivity index (χ3v) is 6.22. The van der Waals surface area contributed by atoms with Gasteiger partial charge in [-0.05, 0) is 66.4 Å². The van der Waals surface area contributed by atoms with Crippen LogP contribution in [0.1, 0.15) is 23.8 Å². The molecule has 9 heteroatoms. The molecule has 3 aromatic rings. The normalized spacial score (nSPS) is 14.2. The van der Waals surface area contributed by atoms with Crippen molar-refractivity contribution in [1.29, 1.82) is 5.41 Å². The Morgan fingerprint density at radius 2 is 1.69 bits per heavy atom. The largest absolute Gasteiger partial charge is 0.330 e. The fraction of sp³-hybridized carbons (Fsp3) is 0.174. The number of amides is 3. The Morgan fingerprint density at radius 3 is 2.31 bits per heavy atom. The van der Waals surface area contributed by atoms with E-state index >= 15 is 0 Å². The van der Waals surface area contributed by atoms with Crippen LogP contribution in [0.2, 0.25) is 5.02 Å². The molecule has 0 spiro atoms. The highest BCUT2D eigenvalue weighted by atomic mass is 35.5. The van der Waals surface area contributed by atoms with Gasteiger partial charge in [-0.2, -0.15) is 0 Å². The van der Waals surface area contributed by atoms with Crippen LogP contribution in [0.3, 0.4) is 0 Å². The van der Waals surface area contributed by atoms with Crippen molar-refractivity contribution in [1.82, 2.24) is 5.32 Å². The van der Waals surface area contributed by atoms with Gasteiger partial charge >= 0.3 is 6.03 Å². The van der Waals surface area contributed by atoms with Crippen LogP contribution in [0, 0.1) is 5.41 Å². The molecule has 1 aliphatic rings. The molecule has 164 valence electrons. The Kier molecular flexibility index (Phi) is 6.72. The van der Waals surface area contributed by atoms with Gasteiger partial charge in [0.1, 0.15) is 11.9 Å². The number of nitrogens with one attached hydrogen (secondary N) is 4. The minimum absolute atomic E-state index is 0.347. The molecule has 3 amide bonds. The Bertz CT molecular complexity index is 1100. The number of amidine groups is 1. The van der Waals surface area contributed by atoms with Crippen LogP contribution in [-0.2, 0) is 4.79 Å². The van der Waals surface area contributed by atoms with Crippen molar-refractivity contribution in [2.45, 2.75) is 18.9 Å². The fourth-order valence-corrected chi connectivity index (χ4v) is 4.35. The van der Waals surface area contributed by atoms with Gasteiger partial charge in [-0.1, -0.05) is 17.7 Å². The van der Waals surface area contributed by atoms with Gasteiger partial charge in [-0.15, -0.1) is 11.3 Å². The lowest BCUT2D eigenvalue weighted by atomic mass is 10.2. The Morgan fingerprint density at radius 1 is 1.00 bits per heavy atom. The molecule has 0 radical (unpaired) electrons. The monoisotopic (exact) mass is 467 g/mol. The van der Waals surface area contributed by atoms with Crippen LogP contribution in [0.15, 0.2) is 66.0 Å². The number of hydrogen-bond acceptors (Lipinski definition) is 4. The van der Waals surface area contributed by atoms with Gasteiger partial charge in [0, 0.05) is 39.9 Å². The van der Waals surface area contributed by atoms with Crippen LogP contribution < -0.4 is 20.9 Å². The third-order valence-electron chi connectivity index (χ3n) is 5.04. The molecule has 4 N–H and O–H groups in total. The molecule has 7 nitrogen and oxygen atoms in total. The summed E-state index contributed by atoms with van der Waals surface area (Å²) in [4.78, 5) is 28.2. The van der Waals surface area contributed by atoms with Crippen LogP contribution in [0.5, 0.6) is 0 Å². The Labute approximate surface area is 194 Å². The average molecular weight is 468 g/mol. The minimum atomic E-state index is -0.853. The number of halogens is 1. The highest BCUT2D eigenvalue weighted by Crippen LogP contribution is 2.25. The predicted molar refractivity (Wildman–Crippen MR) is 130 cm³/mol. The summed E-state index contributed by atoms with van der Waals surface area (Å²) in [7, 11) is 0. The number of anilines is 3. The third kappa shape index (κ3) is 5.27. The van der Waals surface area contributed by atoms with Crippen LogP contribution in [-0.4, -0.2) is 24.3 Å². The first-order valence-corrected chi connectivity index (χ1v) is 11.4. The van der Waals surface area contributed by atoms with E-state index in [9.17, 15) is 9.59 Å². The number of carbonyl (C=O) groups excluding carboxylic acids is 2. The van der Waals surface area contributed by atoms with Gasteiger partial charge in [0.25, 0.3) is 5.91 Å². The molecule has 1 fully saturated rings. The fourth-order valence-electron chi connectivity index (χ4n) is 3.45. The van der Waals surface area contributed by atoms with E-state index in [0.29, 0.717) is 22.2 Å². The maximum atomic E-state index is 13.0. The van der Waals surface area contributed by atoms with Crippen LogP contribution in [0.4, 0.5) is 21.9 Å². The summed E-state index contributed by atoms with van der Waals surface area (Å²) >= 11 is 7.27. The van der Waals surface area contributed by atoms with Crippen molar-refractivity contribution in [3.8, 4) is 0 Å². The zero-order chi connectivity index (χ0) is 22.5. The van der Waals surface area contributed by atoms with Gasteiger partial charge < -0.3 is 20.9 Å². The summed E-state index contributed by atoms with van der Waals surface area (Å²) in [5.74, 6) is 0.260. The van der Waals surface area contributed by atoms with Gasteiger partial charge in [0.05, 0.1) is 0 Å². The highest BCUT2D eigenvalue weighted by molar-refractivity contribution is 7.10. The lowest BCUT2D eigenvalue weighted by Crippen LogP contribution is -2.39. The first-order chi connectivity index (χ1) is 15.5. The minimum Gasteiger partial charge on any atom is -0.330 e. The van der Waals surface area contributed by atoms with E-state index in [1.54, 1.807) is 42.5 Å². The average Bonchev–Trinajstić information content (AvgIpc) is 3.46. The summed E-state index contributed by atoms with van der Waals surface area (Å²) in [6.45, 7) is 0.831. The molecule has 1 saturated heterocycles. The SMILES string of the molecule is N=C1CCCN1c1ccc(NC(=O)C(NC(=O)Nc2ccc(Cl)cc2)c2cccs2)cc1. The predicted octanol–water partition coefficient (Wildman–Crippen LogP) is 5.48. The van der Waals surface area contributed by atoms with E-state index in [4.69, 9.17) is 17.0 Å². The molecule has 0 aliphatic carbocycles. The van der Waals surface area contributed by atoms with Gasteiger partial charge in [-0.3, -0.25) is 10.2 Å². The molecule has 1 aliphatic heterocycles. The molecule has 0 bridgehead atoms. The smallest absolute Gasteiger partial charge is 0.320 e. The van der Waals surface area contributed by atoms with Gasteiger partial charge in [-0.25, -0.2) is 4.79 Å². The zero-order valence-electron chi connectivity index (χ0n) is 17.1. The lowest BCUT2D eigenvalue weighted by Gasteiger charge is -2.20. The van der Waals surface area contributed by atoms with E-state index in [2.05, 4.69) is 16.0 Å². The first-order valence-electron chi connectivity index (χ1n) is 10.1. The summed E-state index contributed by atoms with van der Waals surface area (Å²) in [6.07, 6.45) is 1.76. The highest BCUT2D eigenvalue weighted by Gasteiger charge is 2.24. The topological polar surface area (TPSA) is 97.3 Å². The second-order valence-electron chi connectivity index (χ2n) is 7.29. The van der Waals surface area contributed by atoms with Crippen molar-refractivity contribution < 1.29 is 9.59 Å². The van der Waals surface area contributed by atoms with E-state index in [1.165, 1.54) is 11.3 Å². The van der Waals surface area contributed by atoms with Crippen molar-refractivity contribution in [3.05, 3.63) is 75.9 Å². The van der Waals surface area contributed by atoms with Crippen LogP contribution >= 0.6 is 22.9 Å². The van der Waals surface area contributed by atoms with Crippen molar-refractivity contribution in [3.63, 3.8) is 0 Å². The van der Waals surface area contributed by atoms with Crippen molar-refractivity contribution >= 4 is 57.8 Å². The van der Waals surface area contributed by atoms with Crippen molar-refractivity contribution in [2.75, 3.05) is 22.1 Å². The second-order valence-corrected chi connectivity index (χ2v) is 8.71. The number of benzene rings is 2. The molecule has 1 atom stereocenters. The number of urea groups is 1. The summed E-state index contributed by atoms with van der Waals surface area (Å²) in [5.41, 5.74) is 2.12. The molecular formula is C23H22ClN5O2S. The first kappa shape index (κ1) is 21.9. The Balaban J connectivity index is 1.43. The summed E-state index contributed by atoms with van der Waals surface area (Å²) in [5, 5.41) is 18.8. The molecule has 2 aromatic carbocycles. The maximum Gasteiger partial charge on any atom is 0.320 e. The second kappa shape index (κ2) is 9.84. The number of thiophene rings is 1. The lowest BCUT2D eigenvalue weighted by molar-refractivity contribution is -0.118. The van der Waals surface area contributed by atoms with Crippen molar-refractivity contribution in [2.24, 2.45) is 0 Å². The molecule has 1 aromatic heterocycles. The van der Waals surface area contributed by atoms with Gasteiger partial charge in [0.2, 0.25) is 0 Å². The summed E-state index contributed by atoms with van der Waals surface area (Å²) in [6, 6.07) is 16.4. The summed E-state index contributed by atoms with van der Waals surface area (Å²) < 4.78 is 0. The van der Waals surface area contributed by atoms with E-state index in [1.807, 2.05) is 28.5 Å². The van der Waals surface area contributed by atoms with Crippen LogP contribution in [0.25, 0.3) is 0 Å². The van der Waals surface area contributed by atoms with E-state index < -0.39 is 12.1 Å².